The van der Waals surface area contributed by atoms with Gasteiger partial charge in [0, 0.05) is 5.02 Å². The molecule has 0 aliphatic carbocycles. The SMILES string of the molecule is COc1cc(C(C)C)c(Cl)cc1C(=O)C(=O)O. The van der Waals surface area contributed by atoms with Crippen molar-refractivity contribution in [3.63, 3.8) is 0 Å². The molecule has 1 aromatic carbocycles. The molecule has 0 spiro atoms. The second kappa shape index (κ2) is 5.19. The molecule has 0 heterocycles. The number of hydrogen-bond acceptors (Lipinski definition) is 3. The Labute approximate surface area is 104 Å². The third kappa shape index (κ3) is 2.77. The number of carboxylic acids is 1. The molecule has 1 N–H and O–H groups in total. The van der Waals surface area contributed by atoms with Crippen molar-refractivity contribution in [2.45, 2.75) is 19.8 Å². The lowest BCUT2D eigenvalue weighted by atomic mass is 9.99. The number of halogens is 1. The van der Waals surface area contributed by atoms with Gasteiger partial charge < -0.3 is 9.84 Å². The molecule has 92 valence electrons. The van der Waals surface area contributed by atoms with Crippen LogP contribution in [0.4, 0.5) is 0 Å². The predicted octanol–water partition coefficient (Wildman–Crippen LogP) is 2.74. The third-order valence-corrected chi connectivity index (χ3v) is 2.71. The van der Waals surface area contributed by atoms with Crippen LogP contribution < -0.4 is 4.74 Å². The van der Waals surface area contributed by atoms with E-state index >= 15 is 0 Å². The minimum Gasteiger partial charge on any atom is -0.496 e. The van der Waals surface area contributed by atoms with Crippen molar-refractivity contribution in [3.8, 4) is 5.75 Å². The number of Topliss-reactive ketones (excluding diaryl/α,β-unsaturated/α-hetero) is 1. The first-order valence-electron chi connectivity index (χ1n) is 5.03. The highest BCUT2D eigenvalue weighted by Gasteiger charge is 2.21. The molecular weight excluding hydrogens is 244 g/mol. The Morgan fingerprint density at radius 2 is 1.94 bits per heavy atom. The summed E-state index contributed by atoms with van der Waals surface area (Å²) in [6.45, 7) is 3.89. The van der Waals surface area contributed by atoms with E-state index < -0.39 is 11.8 Å². The number of hydrogen-bond donors (Lipinski definition) is 1. The summed E-state index contributed by atoms with van der Waals surface area (Å²) in [7, 11) is 1.38. The molecule has 0 aromatic heterocycles. The number of methoxy groups -OCH3 is 1. The molecule has 1 aromatic rings. The summed E-state index contributed by atoms with van der Waals surface area (Å²) in [5, 5.41) is 9.04. The molecule has 0 radical (unpaired) electrons. The summed E-state index contributed by atoms with van der Waals surface area (Å²) in [5.74, 6) is -2.17. The van der Waals surface area contributed by atoms with Crippen molar-refractivity contribution in [1.29, 1.82) is 0 Å². The smallest absolute Gasteiger partial charge is 0.377 e. The van der Waals surface area contributed by atoms with E-state index in [4.69, 9.17) is 21.4 Å². The second-order valence-corrected chi connectivity index (χ2v) is 4.27. The van der Waals surface area contributed by atoms with Crippen LogP contribution in [0.25, 0.3) is 0 Å². The van der Waals surface area contributed by atoms with Gasteiger partial charge >= 0.3 is 5.97 Å². The van der Waals surface area contributed by atoms with Crippen molar-refractivity contribution in [3.05, 3.63) is 28.3 Å². The molecule has 1 rings (SSSR count). The number of ether oxygens (including phenoxy) is 1. The lowest BCUT2D eigenvalue weighted by Crippen LogP contribution is -2.14. The lowest BCUT2D eigenvalue weighted by molar-refractivity contribution is -0.131. The van der Waals surface area contributed by atoms with Crippen LogP contribution in [0, 0.1) is 0 Å². The van der Waals surface area contributed by atoms with Crippen molar-refractivity contribution in [2.24, 2.45) is 0 Å². The molecule has 0 bridgehead atoms. The summed E-state index contributed by atoms with van der Waals surface area (Å²) in [4.78, 5) is 22.1. The molecule has 0 aliphatic heterocycles. The first-order chi connectivity index (χ1) is 7.88. The number of benzene rings is 1. The first-order valence-corrected chi connectivity index (χ1v) is 5.41. The second-order valence-electron chi connectivity index (χ2n) is 3.86. The fourth-order valence-corrected chi connectivity index (χ4v) is 1.85. The van der Waals surface area contributed by atoms with Crippen LogP contribution >= 0.6 is 11.6 Å². The Bertz CT molecular complexity index is 466. The van der Waals surface area contributed by atoms with Crippen molar-refractivity contribution >= 4 is 23.4 Å². The van der Waals surface area contributed by atoms with Crippen LogP contribution in [0.5, 0.6) is 5.75 Å². The van der Waals surface area contributed by atoms with Gasteiger partial charge in [0.25, 0.3) is 5.78 Å². The Morgan fingerprint density at radius 1 is 1.35 bits per heavy atom. The van der Waals surface area contributed by atoms with E-state index in [0.717, 1.165) is 5.56 Å². The van der Waals surface area contributed by atoms with Crippen molar-refractivity contribution < 1.29 is 19.4 Å². The quantitative estimate of drug-likeness (QED) is 0.665. The van der Waals surface area contributed by atoms with Gasteiger partial charge in [-0.25, -0.2) is 4.79 Å². The van der Waals surface area contributed by atoms with Crippen LogP contribution in [-0.4, -0.2) is 24.0 Å². The standard InChI is InChI=1S/C12H13ClO4/c1-6(2)7-5-10(17-3)8(4-9(7)13)11(14)12(15)16/h4-6H,1-3H3,(H,15,16). The Hall–Kier alpha value is -1.55. The first kappa shape index (κ1) is 13.5. The van der Waals surface area contributed by atoms with Crippen molar-refractivity contribution in [2.75, 3.05) is 7.11 Å². The number of carbonyl (C=O) groups is 2. The molecular formula is C12H13ClO4. The number of rotatable bonds is 4. The van der Waals surface area contributed by atoms with Gasteiger partial charge in [0.15, 0.2) is 0 Å². The van der Waals surface area contributed by atoms with Crippen molar-refractivity contribution in [1.82, 2.24) is 0 Å². The van der Waals surface area contributed by atoms with Gasteiger partial charge in [0.1, 0.15) is 5.75 Å². The number of carbonyl (C=O) groups excluding carboxylic acids is 1. The zero-order chi connectivity index (χ0) is 13.2. The Kier molecular flexibility index (Phi) is 4.12. The molecule has 0 saturated carbocycles. The summed E-state index contributed by atoms with van der Waals surface area (Å²) in [6, 6.07) is 2.94. The fraction of sp³-hybridized carbons (Fsp3) is 0.333. The minimum absolute atomic E-state index is 0.0330. The zero-order valence-electron chi connectivity index (χ0n) is 9.78. The van der Waals surface area contributed by atoms with Crippen LogP contribution in [-0.2, 0) is 4.79 Å². The van der Waals surface area contributed by atoms with E-state index in [1.54, 1.807) is 6.07 Å². The molecule has 5 heteroatoms. The topological polar surface area (TPSA) is 63.6 Å². The molecule has 4 nitrogen and oxygen atoms in total. The maximum absolute atomic E-state index is 11.4. The highest BCUT2D eigenvalue weighted by atomic mass is 35.5. The van der Waals surface area contributed by atoms with Gasteiger partial charge in [-0.15, -0.1) is 0 Å². The zero-order valence-corrected chi connectivity index (χ0v) is 10.5. The maximum atomic E-state index is 11.4. The van der Waals surface area contributed by atoms with Gasteiger partial charge in [-0.1, -0.05) is 25.4 Å². The molecule has 0 atom stereocenters. The van der Waals surface area contributed by atoms with Crippen LogP contribution in [0.2, 0.25) is 5.02 Å². The number of aliphatic carboxylic acids is 1. The molecule has 0 saturated heterocycles. The van der Waals surface area contributed by atoms with E-state index in [1.165, 1.54) is 13.2 Å². The highest BCUT2D eigenvalue weighted by molar-refractivity contribution is 6.41. The molecule has 0 amide bonds. The van der Waals surface area contributed by atoms with E-state index in [2.05, 4.69) is 0 Å². The minimum atomic E-state index is -1.53. The molecule has 0 aliphatic rings. The Morgan fingerprint density at radius 3 is 2.35 bits per heavy atom. The Balaban J connectivity index is 3.38. The third-order valence-electron chi connectivity index (χ3n) is 2.38. The lowest BCUT2D eigenvalue weighted by Gasteiger charge is -2.13. The van der Waals surface area contributed by atoms with Gasteiger partial charge in [-0.05, 0) is 23.6 Å². The van der Waals surface area contributed by atoms with Crippen LogP contribution in [0.1, 0.15) is 35.7 Å². The van der Waals surface area contributed by atoms with E-state index in [-0.39, 0.29) is 17.2 Å². The van der Waals surface area contributed by atoms with Gasteiger partial charge in [0.2, 0.25) is 0 Å². The largest absolute Gasteiger partial charge is 0.496 e. The van der Waals surface area contributed by atoms with E-state index in [0.29, 0.717) is 5.02 Å². The maximum Gasteiger partial charge on any atom is 0.377 e. The summed E-state index contributed by atoms with van der Waals surface area (Å²) in [6.07, 6.45) is 0. The summed E-state index contributed by atoms with van der Waals surface area (Å²) >= 11 is 6.00. The molecule has 17 heavy (non-hydrogen) atoms. The van der Waals surface area contributed by atoms with Gasteiger partial charge in [-0.3, -0.25) is 4.79 Å². The number of carboxylic acid groups (broad SMARTS) is 1. The van der Waals surface area contributed by atoms with Gasteiger partial charge in [0.05, 0.1) is 12.7 Å². The fourth-order valence-electron chi connectivity index (χ4n) is 1.47. The van der Waals surface area contributed by atoms with Crippen LogP contribution in [0.3, 0.4) is 0 Å². The molecule has 0 fully saturated rings. The summed E-state index contributed by atoms with van der Waals surface area (Å²) in [5.41, 5.74) is 0.778. The molecule has 0 unspecified atom stereocenters. The number of ketones is 1. The van der Waals surface area contributed by atoms with E-state index in [9.17, 15) is 9.59 Å². The highest BCUT2D eigenvalue weighted by Crippen LogP contribution is 2.31. The van der Waals surface area contributed by atoms with E-state index in [1.807, 2.05) is 13.8 Å². The normalized spacial score (nSPS) is 10.4. The monoisotopic (exact) mass is 256 g/mol. The van der Waals surface area contributed by atoms with Crippen LogP contribution in [0.15, 0.2) is 12.1 Å². The predicted molar refractivity (Wildman–Crippen MR) is 64.1 cm³/mol. The summed E-state index contributed by atoms with van der Waals surface area (Å²) < 4.78 is 5.02. The average molecular weight is 257 g/mol. The van der Waals surface area contributed by atoms with Gasteiger partial charge in [-0.2, -0.15) is 0 Å². The average Bonchev–Trinajstić information content (AvgIpc) is 2.27.